The van der Waals surface area contributed by atoms with Gasteiger partial charge in [0.15, 0.2) is 16.4 Å². The van der Waals surface area contributed by atoms with Gasteiger partial charge in [0.2, 0.25) is 5.88 Å². The fourth-order valence-electron chi connectivity index (χ4n) is 2.81. The van der Waals surface area contributed by atoms with E-state index in [2.05, 4.69) is 20.2 Å². The van der Waals surface area contributed by atoms with Crippen LogP contribution in [0.15, 0.2) is 47.8 Å². The molecule has 0 aliphatic heterocycles. The summed E-state index contributed by atoms with van der Waals surface area (Å²) in [6.07, 6.45) is 3.61. The molecular formula is C19H14F3N5O4S. The van der Waals surface area contributed by atoms with Gasteiger partial charge in [-0.1, -0.05) is 0 Å². The van der Waals surface area contributed by atoms with Gasteiger partial charge in [-0.25, -0.2) is 31.6 Å². The molecule has 166 valence electrons. The summed E-state index contributed by atoms with van der Waals surface area (Å²) in [6, 6.07) is 4.00. The number of nitrogens with zero attached hydrogens (tertiary/aromatic N) is 3. The van der Waals surface area contributed by atoms with Gasteiger partial charge < -0.3 is 9.47 Å². The van der Waals surface area contributed by atoms with Crippen molar-refractivity contribution in [2.75, 3.05) is 11.8 Å². The van der Waals surface area contributed by atoms with Crippen LogP contribution in [0.3, 0.4) is 0 Å². The molecule has 4 aromatic rings. The van der Waals surface area contributed by atoms with Gasteiger partial charge in [0.1, 0.15) is 24.0 Å². The minimum absolute atomic E-state index is 0.222. The number of halogens is 3. The highest BCUT2D eigenvalue weighted by atomic mass is 32.2. The maximum Gasteiger partial charge on any atom is 0.267 e. The molecule has 9 nitrogen and oxygen atoms in total. The van der Waals surface area contributed by atoms with E-state index in [1.54, 1.807) is 6.07 Å². The number of benzene rings is 1. The predicted octanol–water partition coefficient (Wildman–Crippen LogP) is 3.16. The van der Waals surface area contributed by atoms with E-state index in [1.165, 1.54) is 12.4 Å². The van der Waals surface area contributed by atoms with Crippen LogP contribution in [0.25, 0.3) is 11.0 Å². The van der Waals surface area contributed by atoms with Crippen LogP contribution in [0.1, 0.15) is 5.56 Å². The van der Waals surface area contributed by atoms with E-state index in [0.29, 0.717) is 17.1 Å². The lowest BCUT2D eigenvalue weighted by molar-refractivity contribution is 0.292. The standard InChI is InChI=1S/C19H14F3N5O4S/c1-30-19-16(5-11(20)7-24-19)32(28,29)27-15-3-2-14(21)13(17(15)22)9-31-12-4-10-6-25-26-18(10)23-8-12/h2-8,27H,9H2,1H3,(H,23,25,26). The monoisotopic (exact) mass is 465 g/mol. The second-order valence-corrected chi connectivity index (χ2v) is 8.07. The summed E-state index contributed by atoms with van der Waals surface area (Å²) in [5.74, 6) is -3.27. The SMILES string of the molecule is COc1ncc(F)cc1S(=O)(=O)Nc1ccc(F)c(COc2cnc3[nH]ncc3c2)c1F. The zero-order chi connectivity index (χ0) is 22.9. The summed E-state index contributed by atoms with van der Waals surface area (Å²) >= 11 is 0. The Balaban J connectivity index is 1.61. The minimum Gasteiger partial charge on any atom is -0.487 e. The number of nitrogens with one attached hydrogen (secondary N) is 2. The number of H-pyrrole nitrogens is 1. The third-order valence-corrected chi connectivity index (χ3v) is 5.71. The largest absolute Gasteiger partial charge is 0.487 e. The molecular weight excluding hydrogens is 451 g/mol. The van der Waals surface area contributed by atoms with Crippen LogP contribution in [0, 0.1) is 17.5 Å². The highest BCUT2D eigenvalue weighted by molar-refractivity contribution is 7.92. The topological polar surface area (TPSA) is 119 Å². The van der Waals surface area contributed by atoms with Gasteiger partial charge in [-0.15, -0.1) is 0 Å². The zero-order valence-corrected chi connectivity index (χ0v) is 17.1. The molecule has 0 atom stereocenters. The van der Waals surface area contributed by atoms with E-state index in [0.717, 1.165) is 25.4 Å². The molecule has 32 heavy (non-hydrogen) atoms. The minimum atomic E-state index is -4.52. The molecule has 0 unspecified atom stereocenters. The maximum absolute atomic E-state index is 14.9. The molecule has 0 fully saturated rings. The first-order valence-electron chi connectivity index (χ1n) is 8.89. The van der Waals surface area contributed by atoms with E-state index in [1.807, 2.05) is 4.72 Å². The quantitative estimate of drug-likeness (QED) is 0.430. The molecule has 0 amide bonds. The summed E-state index contributed by atoms with van der Waals surface area (Å²) in [5, 5.41) is 7.09. The number of ether oxygens (including phenoxy) is 2. The molecule has 0 radical (unpaired) electrons. The molecule has 0 spiro atoms. The molecule has 0 saturated carbocycles. The molecule has 2 N–H and O–H groups in total. The van der Waals surface area contributed by atoms with Crippen molar-refractivity contribution in [3.63, 3.8) is 0 Å². The summed E-state index contributed by atoms with van der Waals surface area (Å²) in [7, 11) is -3.38. The van der Waals surface area contributed by atoms with Gasteiger partial charge >= 0.3 is 0 Å². The first-order chi connectivity index (χ1) is 15.3. The van der Waals surface area contributed by atoms with E-state index >= 15 is 0 Å². The van der Waals surface area contributed by atoms with Gasteiger partial charge in [0, 0.05) is 11.5 Å². The van der Waals surface area contributed by atoms with Crippen molar-refractivity contribution in [2.24, 2.45) is 0 Å². The van der Waals surface area contributed by atoms with E-state index < -0.39 is 56.1 Å². The maximum atomic E-state index is 14.9. The number of aromatic amines is 1. The van der Waals surface area contributed by atoms with Crippen LogP contribution in [0.4, 0.5) is 18.9 Å². The summed E-state index contributed by atoms with van der Waals surface area (Å²) < 4.78 is 80.2. The average molecular weight is 465 g/mol. The lowest BCUT2D eigenvalue weighted by Gasteiger charge is -2.14. The lowest BCUT2D eigenvalue weighted by Crippen LogP contribution is -2.17. The Labute approximate surface area is 179 Å². The normalized spacial score (nSPS) is 11.5. The van der Waals surface area contributed by atoms with Crippen LogP contribution in [-0.2, 0) is 16.6 Å². The Hall–Kier alpha value is -3.87. The van der Waals surface area contributed by atoms with Crippen molar-refractivity contribution in [2.45, 2.75) is 11.5 Å². The van der Waals surface area contributed by atoms with Crippen molar-refractivity contribution in [3.05, 3.63) is 65.9 Å². The number of fused-ring (bicyclic) bond motifs is 1. The van der Waals surface area contributed by atoms with Gasteiger partial charge in [-0.05, 0) is 18.2 Å². The Morgan fingerprint density at radius 2 is 1.91 bits per heavy atom. The van der Waals surface area contributed by atoms with E-state index in [4.69, 9.17) is 9.47 Å². The highest BCUT2D eigenvalue weighted by Crippen LogP contribution is 2.28. The van der Waals surface area contributed by atoms with E-state index in [-0.39, 0.29) is 5.75 Å². The molecule has 0 aliphatic carbocycles. The molecule has 3 aromatic heterocycles. The molecule has 13 heteroatoms. The smallest absolute Gasteiger partial charge is 0.267 e. The highest BCUT2D eigenvalue weighted by Gasteiger charge is 2.25. The van der Waals surface area contributed by atoms with Crippen LogP contribution >= 0.6 is 0 Å². The van der Waals surface area contributed by atoms with E-state index in [9.17, 15) is 21.6 Å². The number of hydrogen-bond acceptors (Lipinski definition) is 7. The van der Waals surface area contributed by atoms with Crippen LogP contribution in [0.5, 0.6) is 11.6 Å². The molecule has 4 rings (SSSR count). The summed E-state index contributed by atoms with van der Waals surface area (Å²) in [5.41, 5.74) is -0.588. The van der Waals surface area contributed by atoms with Crippen LogP contribution in [0.2, 0.25) is 0 Å². The molecule has 0 saturated heterocycles. The molecule has 0 bridgehead atoms. The third-order valence-electron chi connectivity index (χ3n) is 4.35. The van der Waals surface area contributed by atoms with Crippen molar-refractivity contribution >= 4 is 26.7 Å². The van der Waals surface area contributed by atoms with Gasteiger partial charge in [0.05, 0.1) is 37.0 Å². The van der Waals surface area contributed by atoms with Crippen LogP contribution in [-0.4, -0.2) is 35.7 Å². The summed E-state index contributed by atoms with van der Waals surface area (Å²) in [6.45, 7) is -0.552. The molecule has 3 heterocycles. The fourth-order valence-corrected chi connectivity index (χ4v) is 4.00. The van der Waals surface area contributed by atoms with Crippen molar-refractivity contribution in [1.29, 1.82) is 0 Å². The van der Waals surface area contributed by atoms with Crippen molar-refractivity contribution in [3.8, 4) is 11.6 Å². The predicted molar refractivity (Wildman–Crippen MR) is 106 cm³/mol. The van der Waals surface area contributed by atoms with Gasteiger partial charge in [0.25, 0.3) is 10.0 Å². The zero-order valence-electron chi connectivity index (χ0n) is 16.3. The number of hydrogen-bond donors (Lipinski definition) is 2. The second kappa shape index (κ2) is 8.34. The molecule has 1 aromatic carbocycles. The lowest BCUT2D eigenvalue weighted by atomic mass is 10.2. The third kappa shape index (κ3) is 4.14. The number of aromatic nitrogens is 4. The Morgan fingerprint density at radius 1 is 1.09 bits per heavy atom. The number of methoxy groups -OCH3 is 1. The first kappa shape index (κ1) is 21.4. The molecule has 0 aliphatic rings. The Bertz CT molecular complexity index is 1410. The first-order valence-corrected chi connectivity index (χ1v) is 10.4. The van der Waals surface area contributed by atoms with Gasteiger partial charge in [-0.2, -0.15) is 5.10 Å². The van der Waals surface area contributed by atoms with Crippen molar-refractivity contribution < 1.29 is 31.1 Å². The fraction of sp³-hybridized carbons (Fsp3) is 0.105. The Morgan fingerprint density at radius 3 is 2.69 bits per heavy atom. The van der Waals surface area contributed by atoms with Gasteiger partial charge in [-0.3, -0.25) is 9.82 Å². The number of pyridine rings is 2. The number of rotatable bonds is 7. The second-order valence-electron chi connectivity index (χ2n) is 6.42. The van der Waals surface area contributed by atoms with Crippen molar-refractivity contribution in [1.82, 2.24) is 20.2 Å². The number of sulfonamides is 1. The Kier molecular flexibility index (Phi) is 5.57. The van der Waals surface area contributed by atoms with Crippen LogP contribution < -0.4 is 14.2 Å². The summed E-state index contributed by atoms with van der Waals surface area (Å²) in [4.78, 5) is 6.94. The number of anilines is 1. The average Bonchev–Trinajstić information content (AvgIpc) is 3.23.